The van der Waals surface area contributed by atoms with Gasteiger partial charge >= 0.3 is 6.03 Å². The third-order valence-corrected chi connectivity index (χ3v) is 3.02. The van der Waals surface area contributed by atoms with Crippen LogP contribution in [0.3, 0.4) is 0 Å². The summed E-state index contributed by atoms with van der Waals surface area (Å²) in [5.74, 6) is -0.353. The Labute approximate surface area is 122 Å². The number of aliphatic hydroxyl groups is 1. The number of benzene rings is 2. The minimum atomic E-state index is -0.603. The molecule has 0 heterocycles. The maximum atomic E-state index is 13.4. The van der Waals surface area contributed by atoms with Crippen molar-refractivity contribution in [3.05, 3.63) is 65.5 Å². The average Bonchev–Trinajstić information content (AvgIpc) is 2.46. The standard InChI is InChI=1S/C16H17FN2O2/c1-11(20)12-6-4-7-14(9-12)19-16(21)18-10-13-5-2-3-8-15(13)17/h2-9,11,20H,10H2,1H3,(H2,18,19,21). The maximum absolute atomic E-state index is 13.4. The molecule has 0 aromatic heterocycles. The number of nitrogens with one attached hydrogen (secondary N) is 2. The molecule has 0 radical (unpaired) electrons. The van der Waals surface area contributed by atoms with Crippen molar-refractivity contribution >= 4 is 11.7 Å². The molecule has 0 aliphatic carbocycles. The van der Waals surface area contributed by atoms with Gasteiger partial charge in [0.05, 0.1) is 6.10 Å². The monoisotopic (exact) mass is 288 g/mol. The van der Waals surface area contributed by atoms with Gasteiger partial charge in [0, 0.05) is 17.8 Å². The lowest BCUT2D eigenvalue weighted by molar-refractivity contribution is 0.199. The number of carbonyl (C=O) groups excluding carboxylic acids is 1. The molecule has 3 N–H and O–H groups in total. The number of hydrogen-bond donors (Lipinski definition) is 3. The zero-order valence-electron chi connectivity index (χ0n) is 11.6. The second-order valence-corrected chi connectivity index (χ2v) is 4.70. The van der Waals surface area contributed by atoms with Gasteiger partial charge < -0.3 is 15.7 Å². The Morgan fingerprint density at radius 3 is 2.71 bits per heavy atom. The van der Waals surface area contributed by atoms with Gasteiger partial charge in [-0.05, 0) is 30.7 Å². The highest BCUT2D eigenvalue weighted by Gasteiger charge is 2.06. The Kier molecular flexibility index (Phi) is 4.90. The Morgan fingerprint density at radius 2 is 2.00 bits per heavy atom. The van der Waals surface area contributed by atoms with Crippen molar-refractivity contribution < 1.29 is 14.3 Å². The smallest absolute Gasteiger partial charge is 0.319 e. The molecule has 110 valence electrons. The second kappa shape index (κ2) is 6.85. The third-order valence-electron chi connectivity index (χ3n) is 3.02. The van der Waals surface area contributed by atoms with E-state index in [1.54, 1.807) is 49.4 Å². The van der Waals surface area contributed by atoms with Crippen LogP contribution in [-0.4, -0.2) is 11.1 Å². The zero-order valence-corrected chi connectivity index (χ0v) is 11.6. The van der Waals surface area contributed by atoms with Gasteiger partial charge in [0.15, 0.2) is 0 Å². The number of halogens is 1. The lowest BCUT2D eigenvalue weighted by atomic mass is 10.1. The molecule has 2 amide bonds. The molecule has 5 heteroatoms. The van der Waals surface area contributed by atoms with Crippen LogP contribution in [0.4, 0.5) is 14.9 Å². The third kappa shape index (κ3) is 4.29. The number of anilines is 1. The molecule has 1 unspecified atom stereocenters. The molecule has 0 aliphatic rings. The lowest BCUT2D eigenvalue weighted by Crippen LogP contribution is -2.28. The molecule has 0 saturated carbocycles. The molecule has 2 aromatic rings. The quantitative estimate of drug-likeness (QED) is 0.809. The zero-order chi connectivity index (χ0) is 15.2. The van der Waals surface area contributed by atoms with Gasteiger partial charge in [0.1, 0.15) is 5.82 Å². The largest absolute Gasteiger partial charge is 0.389 e. The predicted molar refractivity (Wildman–Crippen MR) is 79.3 cm³/mol. The summed E-state index contributed by atoms with van der Waals surface area (Å²) in [5, 5.41) is 14.7. The van der Waals surface area contributed by atoms with E-state index in [1.807, 2.05) is 0 Å². The van der Waals surface area contributed by atoms with Crippen LogP contribution in [-0.2, 0) is 6.54 Å². The molecule has 0 aliphatic heterocycles. The summed E-state index contributed by atoms with van der Waals surface area (Å²) in [5.41, 5.74) is 1.70. The van der Waals surface area contributed by atoms with Gasteiger partial charge in [0.25, 0.3) is 0 Å². The van der Waals surface area contributed by atoms with Gasteiger partial charge in [-0.2, -0.15) is 0 Å². The Hall–Kier alpha value is -2.40. The molecular weight excluding hydrogens is 271 g/mol. The fraction of sp³-hybridized carbons (Fsp3) is 0.188. The van der Waals surface area contributed by atoms with Crippen LogP contribution in [0, 0.1) is 5.82 Å². The van der Waals surface area contributed by atoms with E-state index in [1.165, 1.54) is 6.07 Å². The number of rotatable bonds is 4. The molecule has 0 saturated heterocycles. The summed E-state index contributed by atoms with van der Waals surface area (Å²) < 4.78 is 13.4. The molecule has 1 atom stereocenters. The van der Waals surface area contributed by atoms with Crippen LogP contribution in [0.2, 0.25) is 0 Å². The van der Waals surface area contributed by atoms with E-state index >= 15 is 0 Å². The highest BCUT2D eigenvalue weighted by atomic mass is 19.1. The topological polar surface area (TPSA) is 61.4 Å². The summed E-state index contributed by atoms with van der Waals surface area (Å²) in [6.07, 6.45) is -0.603. The summed E-state index contributed by atoms with van der Waals surface area (Å²) in [6, 6.07) is 12.8. The van der Waals surface area contributed by atoms with Gasteiger partial charge in [-0.25, -0.2) is 9.18 Å². The van der Waals surface area contributed by atoms with Crippen molar-refractivity contribution in [2.45, 2.75) is 19.6 Å². The van der Waals surface area contributed by atoms with E-state index in [-0.39, 0.29) is 12.4 Å². The minimum absolute atomic E-state index is 0.106. The van der Waals surface area contributed by atoms with Crippen LogP contribution in [0.1, 0.15) is 24.2 Å². The van der Waals surface area contributed by atoms with E-state index in [9.17, 15) is 14.3 Å². The lowest BCUT2D eigenvalue weighted by Gasteiger charge is -2.10. The van der Waals surface area contributed by atoms with Gasteiger partial charge in [0.2, 0.25) is 0 Å². The van der Waals surface area contributed by atoms with E-state index in [0.29, 0.717) is 16.8 Å². The number of hydrogen-bond acceptors (Lipinski definition) is 2. The highest BCUT2D eigenvalue weighted by molar-refractivity contribution is 5.89. The summed E-state index contributed by atoms with van der Waals surface area (Å²) >= 11 is 0. The number of amides is 2. The van der Waals surface area contributed by atoms with Gasteiger partial charge in [-0.1, -0.05) is 30.3 Å². The summed E-state index contributed by atoms with van der Waals surface area (Å²) in [4.78, 5) is 11.8. The summed E-state index contributed by atoms with van der Waals surface area (Å²) in [7, 11) is 0. The van der Waals surface area contributed by atoms with Crippen LogP contribution in [0.25, 0.3) is 0 Å². The SMILES string of the molecule is CC(O)c1cccc(NC(=O)NCc2ccccc2F)c1. The Morgan fingerprint density at radius 1 is 1.24 bits per heavy atom. The van der Waals surface area contributed by atoms with Crippen molar-refractivity contribution in [3.8, 4) is 0 Å². The van der Waals surface area contributed by atoms with E-state index in [2.05, 4.69) is 10.6 Å². The number of aliphatic hydroxyl groups excluding tert-OH is 1. The van der Waals surface area contributed by atoms with Crippen LogP contribution in [0.15, 0.2) is 48.5 Å². The molecule has 0 spiro atoms. The predicted octanol–water partition coefficient (Wildman–Crippen LogP) is 3.20. The van der Waals surface area contributed by atoms with Crippen LogP contribution >= 0.6 is 0 Å². The second-order valence-electron chi connectivity index (χ2n) is 4.70. The van der Waals surface area contributed by atoms with E-state index in [4.69, 9.17) is 0 Å². The first-order valence-electron chi connectivity index (χ1n) is 6.62. The average molecular weight is 288 g/mol. The maximum Gasteiger partial charge on any atom is 0.319 e. The fourth-order valence-electron chi connectivity index (χ4n) is 1.87. The highest BCUT2D eigenvalue weighted by Crippen LogP contribution is 2.16. The molecule has 21 heavy (non-hydrogen) atoms. The molecule has 2 aromatic carbocycles. The van der Waals surface area contributed by atoms with Crippen molar-refractivity contribution in [1.82, 2.24) is 5.32 Å². The van der Waals surface area contributed by atoms with Gasteiger partial charge in [-0.3, -0.25) is 0 Å². The van der Waals surface area contributed by atoms with Crippen molar-refractivity contribution in [1.29, 1.82) is 0 Å². The first kappa shape index (κ1) is 15.0. The molecular formula is C16H17FN2O2. The van der Waals surface area contributed by atoms with Crippen LogP contribution < -0.4 is 10.6 Å². The number of urea groups is 1. The van der Waals surface area contributed by atoms with Crippen molar-refractivity contribution in [3.63, 3.8) is 0 Å². The fourth-order valence-corrected chi connectivity index (χ4v) is 1.87. The Bertz CT molecular complexity index is 629. The first-order valence-corrected chi connectivity index (χ1v) is 6.62. The van der Waals surface area contributed by atoms with Crippen LogP contribution in [0.5, 0.6) is 0 Å². The first-order chi connectivity index (χ1) is 10.1. The van der Waals surface area contributed by atoms with E-state index in [0.717, 1.165) is 0 Å². The van der Waals surface area contributed by atoms with Gasteiger partial charge in [-0.15, -0.1) is 0 Å². The molecule has 4 nitrogen and oxygen atoms in total. The normalized spacial score (nSPS) is 11.8. The molecule has 0 bridgehead atoms. The van der Waals surface area contributed by atoms with Crippen molar-refractivity contribution in [2.75, 3.05) is 5.32 Å². The Balaban J connectivity index is 1.93. The summed E-state index contributed by atoms with van der Waals surface area (Å²) in [6.45, 7) is 1.76. The molecule has 2 rings (SSSR count). The molecule has 0 fully saturated rings. The number of carbonyl (C=O) groups is 1. The van der Waals surface area contributed by atoms with Crippen molar-refractivity contribution in [2.24, 2.45) is 0 Å². The van der Waals surface area contributed by atoms with E-state index < -0.39 is 12.1 Å². The minimum Gasteiger partial charge on any atom is -0.389 e.